The monoisotopic (exact) mass is 515 g/mol. The molecule has 0 amide bonds. The molecule has 0 spiro atoms. The number of methoxy groups -OCH3 is 1. The van der Waals surface area contributed by atoms with Gasteiger partial charge in [-0.2, -0.15) is 0 Å². The molecule has 1 aliphatic rings. The molecule has 1 fully saturated rings. The molecule has 0 aliphatic carbocycles. The van der Waals surface area contributed by atoms with E-state index in [0.29, 0.717) is 12.0 Å². The highest BCUT2D eigenvalue weighted by molar-refractivity contribution is 7.13. The summed E-state index contributed by atoms with van der Waals surface area (Å²) < 4.78 is 5.37. The van der Waals surface area contributed by atoms with Crippen molar-refractivity contribution in [2.24, 2.45) is 0 Å². The van der Waals surface area contributed by atoms with E-state index >= 15 is 0 Å². The van der Waals surface area contributed by atoms with Crippen molar-refractivity contribution in [3.8, 4) is 27.6 Å². The number of aromatic nitrogens is 3. The predicted octanol–water partition coefficient (Wildman–Crippen LogP) is 4.47. The van der Waals surface area contributed by atoms with E-state index in [-0.39, 0.29) is 5.56 Å². The Morgan fingerprint density at radius 1 is 1.03 bits per heavy atom. The Balaban J connectivity index is 1.62. The molecule has 0 saturated carbocycles. The molecule has 192 valence electrons. The third-order valence-electron chi connectivity index (χ3n) is 7.08. The molecule has 4 aromatic rings. The summed E-state index contributed by atoms with van der Waals surface area (Å²) in [7, 11) is 3.85. The van der Waals surface area contributed by atoms with Gasteiger partial charge in [-0.15, -0.1) is 11.3 Å². The number of ether oxygens (including phenoxy) is 1. The number of likely N-dealkylation sites (N-methyl/N-ethyl adjacent to an activating group) is 1. The van der Waals surface area contributed by atoms with E-state index in [4.69, 9.17) is 9.72 Å². The smallest absolute Gasteiger partial charge is 0.257 e. The van der Waals surface area contributed by atoms with E-state index in [1.807, 2.05) is 29.6 Å². The summed E-state index contributed by atoms with van der Waals surface area (Å²) in [5.74, 6) is 0.822. The SMILES string of the molecule is CCc1[nH]c(=O)c(-c2csc(-c3ccncc3)n2)c(Cc2ccc(OC)cc2)c1CN1CCN(C)CC1. The number of benzene rings is 1. The number of rotatable bonds is 8. The van der Waals surface area contributed by atoms with Crippen LogP contribution in [0.1, 0.15) is 29.3 Å². The van der Waals surface area contributed by atoms with Crippen molar-refractivity contribution in [2.75, 3.05) is 40.3 Å². The maximum Gasteiger partial charge on any atom is 0.257 e. The van der Waals surface area contributed by atoms with E-state index < -0.39 is 0 Å². The Morgan fingerprint density at radius 2 is 1.76 bits per heavy atom. The molecule has 37 heavy (non-hydrogen) atoms. The first kappa shape index (κ1) is 25.3. The quantitative estimate of drug-likeness (QED) is 0.373. The number of H-pyrrole nitrogens is 1. The van der Waals surface area contributed by atoms with Gasteiger partial charge in [-0.05, 0) is 60.8 Å². The number of piperazine rings is 1. The number of aryl methyl sites for hydroxylation is 1. The zero-order chi connectivity index (χ0) is 25.8. The molecule has 1 aromatic carbocycles. The first-order valence-electron chi connectivity index (χ1n) is 12.7. The number of nitrogens with zero attached hydrogens (tertiary/aromatic N) is 4. The third-order valence-corrected chi connectivity index (χ3v) is 7.97. The van der Waals surface area contributed by atoms with Gasteiger partial charge in [0.25, 0.3) is 5.56 Å². The summed E-state index contributed by atoms with van der Waals surface area (Å²) in [4.78, 5) is 30.7. The standard InChI is InChI=1S/C29H33N5O2S/c1-4-25-24(18-34-15-13-33(2)14-16-34)23(17-20-5-7-22(36-3)8-6-20)27(28(35)31-25)26-19-37-29(32-26)21-9-11-30-12-10-21/h5-12,19H,4,13-18H2,1-3H3,(H,31,35). The summed E-state index contributed by atoms with van der Waals surface area (Å²) in [5, 5.41) is 2.88. The molecule has 1 saturated heterocycles. The summed E-state index contributed by atoms with van der Waals surface area (Å²) in [6, 6.07) is 12.0. The molecule has 7 nitrogen and oxygen atoms in total. The Kier molecular flexibility index (Phi) is 7.79. The molecule has 0 radical (unpaired) electrons. The van der Waals surface area contributed by atoms with Crippen molar-refractivity contribution < 1.29 is 4.74 Å². The molecular weight excluding hydrogens is 482 g/mol. The highest BCUT2D eigenvalue weighted by Crippen LogP contribution is 2.32. The zero-order valence-electron chi connectivity index (χ0n) is 21.7. The van der Waals surface area contributed by atoms with Crippen molar-refractivity contribution >= 4 is 11.3 Å². The Labute approximate surface area is 221 Å². The van der Waals surface area contributed by atoms with Crippen molar-refractivity contribution in [3.63, 3.8) is 0 Å². The Bertz CT molecular complexity index is 1390. The van der Waals surface area contributed by atoms with Crippen LogP contribution in [-0.4, -0.2) is 65.1 Å². The molecule has 0 atom stereocenters. The van der Waals surface area contributed by atoms with E-state index in [1.165, 1.54) is 5.56 Å². The summed E-state index contributed by atoms with van der Waals surface area (Å²) in [6.07, 6.45) is 4.96. The average molecular weight is 516 g/mol. The van der Waals surface area contributed by atoms with Crippen LogP contribution >= 0.6 is 11.3 Å². The van der Waals surface area contributed by atoms with Crippen molar-refractivity contribution in [2.45, 2.75) is 26.3 Å². The van der Waals surface area contributed by atoms with Crippen LogP contribution in [0, 0.1) is 0 Å². The lowest BCUT2D eigenvalue weighted by atomic mass is 9.92. The van der Waals surface area contributed by atoms with Crippen LogP contribution in [0.25, 0.3) is 21.8 Å². The number of pyridine rings is 2. The van der Waals surface area contributed by atoms with Crippen LogP contribution in [0.15, 0.2) is 59.0 Å². The number of thiazole rings is 1. The van der Waals surface area contributed by atoms with Crippen molar-refractivity contribution in [1.29, 1.82) is 0 Å². The highest BCUT2D eigenvalue weighted by Gasteiger charge is 2.24. The van der Waals surface area contributed by atoms with Gasteiger partial charge in [-0.1, -0.05) is 19.1 Å². The minimum Gasteiger partial charge on any atom is -0.497 e. The van der Waals surface area contributed by atoms with Crippen molar-refractivity contribution in [1.82, 2.24) is 24.8 Å². The highest BCUT2D eigenvalue weighted by atomic mass is 32.1. The molecule has 3 aromatic heterocycles. The summed E-state index contributed by atoms with van der Waals surface area (Å²) >= 11 is 1.55. The van der Waals surface area contributed by atoms with E-state index in [2.05, 4.69) is 45.9 Å². The molecular formula is C29H33N5O2S. The average Bonchev–Trinajstić information content (AvgIpc) is 3.42. The second-order valence-corrected chi connectivity index (χ2v) is 10.4. The van der Waals surface area contributed by atoms with Crippen LogP contribution < -0.4 is 10.3 Å². The van der Waals surface area contributed by atoms with E-state index in [9.17, 15) is 4.79 Å². The van der Waals surface area contributed by atoms with Crippen LogP contribution in [0.5, 0.6) is 5.75 Å². The fourth-order valence-corrected chi connectivity index (χ4v) is 5.71. The van der Waals surface area contributed by atoms with Gasteiger partial charge >= 0.3 is 0 Å². The number of nitrogens with one attached hydrogen (secondary N) is 1. The number of aromatic amines is 1. The summed E-state index contributed by atoms with van der Waals surface area (Å²) in [6.45, 7) is 7.05. The fourth-order valence-electron chi connectivity index (χ4n) is 4.90. The van der Waals surface area contributed by atoms with E-state index in [1.54, 1.807) is 30.8 Å². The molecule has 8 heteroatoms. The van der Waals surface area contributed by atoms with Gasteiger partial charge in [-0.3, -0.25) is 14.7 Å². The topological polar surface area (TPSA) is 74.3 Å². The second kappa shape index (κ2) is 11.4. The lowest BCUT2D eigenvalue weighted by Gasteiger charge is -2.33. The van der Waals surface area contributed by atoms with Gasteiger partial charge in [0, 0.05) is 61.8 Å². The van der Waals surface area contributed by atoms with Gasteiger partial charge in [0.15, 0.2) is 0 Å². The Morgan fingerprint density at radius 3 is 2.43 bits per heavy atom. The number of hydrogen-bond acceptors (Lipinski definition) is 7. The van der Waals surface area contributed by atoms with Gasteiger partial charge in [-0.25, -0.2) is 4.98 Å². The minimum absolute atomic E-state index is 0.0749. The van der Waals surface area contributed by atoms with Gasteiger partial charge in [0.1, 0.15) is 10.8 Å². The van der Waals surface area contributed by atoms with Crippen LogP contribution in [0.3, 0.4) is 0 Å². The summed E-state index contributed by atoms with van der Waals surface area (Å²) in [5.41, 5.74) is 6.76. The largest absolute Gasteiger partial charge is 0.497 e. The van der Waals surface area contributed by atoms with E-state index in [0.717, 1.165) is 78.0 Å². The van der Waals surface area contributed by atoms with Gasteiger partial charge in [0.05, 0.1) is 18.4 Å². The van der Waals surface area contributed by atoms with Crippen LogP contribution in [-0.2, 0) is 19.4 Å². The maximum absolute atomic E-state index is 13.6. The maximum atomic E-state index is 13.6. The second-order valence-electron chi connectivity index (χ2n) is 9.50. The molecule has 0 bridgehead atoms. The predicted molar refractivity (Wildman–Crippen MR) is 149 cm³/mol. The lowest BCUT2D eigenvalue weighted by molar-refractivity contribution is 0.147. The number of hydrogen-bond donors (Lipinski definition) is 1. The molecule has 1 N–H and O–H groups in total. The normalized spacial score (nSPS) is 14.7. The molecule has 5 rings (SSSR count). The van der Waals surface area contributed by atoms with Gasteiger partial charge < -0.3 is 14.6 Å². The molecule has 4 heterocycles. The molecule has 1 aliphatic heterocycles. The first-order valence-corrected chi connectivity index (χ1v) is 13.6. The van der Waals surface area contributed by atoms with Crippen molar-refractivity contribution in [3.05, 3.63) is 86.9 Å². The fraction of sp³-hybridized carbons (Fsp3) is 0.345. The van der Waals surface area contributed by atoms with Crippen LogP contribution in [0.2, 0.25) is 0 Å². The molecule has 0 unspecified atom stereocenters. The van der Waals surface area contributed by atoms with Gasteiger partial charge in [0.2, 0.25) is 0 Å². The lowest BCUT2D eigenvalue weighted by Crippen LogP contribution is -2.44. The van der Waals surface area contributed by atoms with Crippen LogP contribution in [0.4, 0.5) is 0 Å². The third kappa shape index (κ3) is 5.66. The zero-order valence-corrected chi connectivity index (χ0v) is 22.5. The first-order chi connectivity index (χ1) is 18.1. The minimum atomic E-state index is -0.0749. The Hall–Kier alpha value is -3.33.